The van der Waals surface area contributed by atoms with E-state index in [0.717, 1.165) is 12.1 Å². The molecule has 0 amide bonds. The van der Waals surface area contributed by atoms with Crippen molar-refractivity contribution in [1.82, 2.24) is 9.88 Å². The van der Waals surface area contributed by atoms with E-state index < -0.39 is 16.7 Å². The van der Waals surface area contributed by atoms with Crippen molar-refractivity contribution in [3.63, 3.8) is 0 Å². The number of aromatic nitrogens is 1. The fourth-order valence-electron chi connectivity index (χ4n) is 2.92. The quantitative estimate of drug-likeness (QED) is 0.458. The van der Waals surface area contributed by atoms with Gasteiger partial charge in [-0.2, -0.15) is 13.2 Å². The van der Waals surface area contributed by atoms with E-state index in [0.29, 0.717) is 44.1 Å². The summed E-state index contributed by atoms with van der Waals surface area (Å²) < 4.78 is 38.2. The molecule has 1 aliphatic heterocycles. The third kappa shape index (κ3) is 4.78. The Labute approximate surface area is 159 Å². The summed E-state index contributed by atoms with van der Waals surface area (Å²) in [4.78, 5) is 18.7. The van der Waals surface area contributed by atoms with Crippen molar-refractivity contribution in [2.75, 3.05) is 37.6 Å². The van der Waals surface area contributed by atoms with Crippen LogP contribution in [0.4, 0.5) is 24.7 Å². The summed E-state index contributed by atoms with van der Waals surface area (Å²) in [5, 5.41) is 11.1. The molecular weight excluding hydrogens is 373 g/mol. The van der Waals surface area contributed by atoms with Crippen LogP contribution in [0.3, 0.4) is 0 Å². The number of nitrogens with zero attached hydrogens (tertiary/aromatic N) is 4. The van der Waals surface area contributed by atoms with Crippen LogP contribution in [-0.4, -0.2) is 47.5 Å². The lowest BCUT2D eigenvalue weighted by molar-refractivity contribution is -0.384. The fourth-order valence-corrected chi connectivity index (χ4v) is 2.92. The van der Waals surface area contributed by atoms with Crippen molar-refractivity contribution in [2.45, 2.75) is 6.18 Å². The summed E-state index contributed by atoms with van der Waals surface area (Å²) >= 11 is 0. The Morgan fingerprint density at radius 2 is 1.89 bits per heavy atom. The van der Waals surface area contributed by atoms with Gasteiger partial charge in [-0.25, -0.2) is 4.98 Å². The smallest absolute Gasteiger partial charge is 0.348 e. The first kappa shape index (κ1) is 19.6. The minimum Gasteiger partial charge on any atom is -0.348 e. The molecule has 3 rings (SSSR count). The largest absolute Gasteiger partial charge is 0.416 e. The number of piperazine rings is 1. The molecule has 1 fully saturated rings. The van der Waals surface area contributed by atoms with Crippen LogP contribution in [0.5, 0.6) is 0 Å². The Hall–Kier alpha value is -3.12. The van der Waals surface area contributed by atoms with Gasteiger partial charge < -0.3 is 4.90 Å². The summed E-state index contributed by atoms with van der Waals surface area (Å²) in [6, 6.07) is 7.88. The van der Waals surface area contributed by atoms with Crippen LogP contribution < -0.4 is 4.90 Å². The van der Waals surface area contributed by atoms with Crippen molar-refractivity contribution in [3.8, 4) is 11.8 Å². The van der Waals surface area contributed by atoms with E-state index in [4.69, 9.17) is 0 Å². The molecule has 28 heavy (non-hydrogen) atoms. The monoisotopic (exact) mass is 390 g/mol. The molecular formula is C19H17F3N4O2. The van der Waals surface area contributed by atoms with Crippen LogP contribution in [0.2, 0.25) is 0 Å². The molecule has 1 saturated heterocycles. The van der Waals surface area contributed by atoms with Gasteiger partial charge in [-0.15, -0.1) is 0 Å². The number of benzene rings is 1. The van der Waals surface area contributed by atoms with E-state index in [1.54, 1.807) is 6.07 Å². The molecule has 1 aliphatic rings. The van der Waals surface area contributed by atoms with Gasteiger partial charge in [0.25, 0.3) is 0 Å². The second kappa shape index (κ2) is 8.27. The predicted octanol–water partition coefficient (Wildman–Crippen LogP) is 3.18. The van der Waals surface area contributed by atoms with Crippen LogP contribution in [0, 0.1) is 22.0 Å². The minimum atomic E-state index is -4.39. The van der Waals surface area contributed by atoms with Crippen LogP contribution in [0.25, 0.3) is 0 Å². The highest BCUT2D eigenvalue weighted by Gasteiger charge is 2.30. The van der Waals surface area contributed by atoms with Crippen molar-refractivity contribution in [3.05, 3.63) is 63.8 Å². The Morgan fingerprint density at radius 3 is 2.57 bits per heavy atom. The molecule has 0 aliphatic carbocycles. The Balaban J connectivity index is 1.58. The third-order valence-corrected chi connectivity index (χ3v) is 4.36. The van der Waals surface area contributed by atoms with Crippen molar-refractivity contribution in [2.24, 2.45) is 0 Å². The fraction of sp³-hybridized carbons (Fsp3) is 0.316. The molecule has 0 atom stereocenters. The van der Waals surface area contributed by atoms with Gasteiger partial charge in [-0.05, 0) is 24.3 Å². The lowest BCUT2D eigenvalue weighted by atomic mass is 10.1. The van der Waals surface area contributed by atoms with Gasteiger partial charge in [0.2, 0.25) is 5.82 Å². The van der Waals surface area contributed by atoms with Crippen molar-refractivity contribution >= 4 is 11.5 Å². The zero-order chi connectivity index (χ0) is 20.1. The second-order valence-electron chi connectivity index (χ2n) is 6.25. The third-order valence-electron chi connectivity index (χ3n) is 4.36. The zero-order valence-corrected chi connectivity index (χ0v) is 14.8. The summed E-state index contributed by atoms with van der Waals surface area (Å²) in [5.74, 6) is 6.01. The molecule has 146 valence electrons. The molecule has 0 spiro atoms. The highest BCUT2D eigenvalue weighted by atomic mass is 19.4. The lowest BCUT2D eigenvalue weighted by Gasteiger charge is -2.34. The number of nitro groups is 1. The molecule has 0 radical (unpaired) electrons. The number of pyridine rings is 1. The number of alkyl halides is 3. The van der Waals surface area contributed by atoms with Gasteiger partial charge in [-0.1, -0.05) is 17.9 Å². The average Bonchev–Trinajstić information content (AvgIpc) is 2.68. The van der Waals surface area contributed by atoms with Crippen LogP contribution >= 0.6 is 0 Å². The molecule has 9 heteroatoms. The maximum absolute atomic E-state index is 12.7. The highest BCUT2D eigenvalue weighted by molar-refractivity contribution is 5.57. The number of hydrogen-bond donors (Lipinski definition) is 0. The SMILES string of the molecule is O=[N+]([O-])c1cccnc1N1CCN(CC#Cc2cccc(C(F)(F)F)c2)CC1. The Morgan fingerprint density at radius 1 is 1.14 bits per heavy atom. The van der Waals surface area contributed by atoms with E-state index in [-0.39, 0.29) is 5.69 Å². The first-order valence-corrected chi connectivity index (χ1v) is 8.57. The number of halogens is 3. The number of hydrogen-bond acceptors (Lipinski definition) is 5. The van der Waals surface area contributed by atoms with Crippen LogP contribution in [0.15, 0.2) is 42.6 Å². The normalized spacial score (nSPS) is 15.0. The topological polar surface area (TPSA) is 62.5 Å². The molecule has 0 bridgehead atoms. The molecule has 0 unspecified atom stereocenters. The van der Waals surface area contributed by atoms with Gasteiger partial charge in [0.15, 0.2) is 0 Å². The van der Waals surface area contributed by atoms with E-state index >= 15 is 0 Å². The highest BCUT2D eigenvalue weighted by Crippen LogP contribution is 2.29. The van der Waals surface area contributed by atoms with E-state index in [1.165, 1.54) is 24.4 Å². The maximum atomic E-state index is 12.7. The number of anilines is 1. The lowest BCUT2D eigenvalue weighted by Crippen LogP contribution is -2.46. The van der Waals surface area contributed by atoms with Gasteiger partial charge in [-0.3, -0.25) is 15.0 Å². The first-order chi connectivity index (χ1) is 13.3. The van der Waals surface area contributed by atoms with Gasteiger partial charge in [0.05, 0.1) is 17.0 Å². The summed E-state index contributed by atoms with van der Waals surface area (Å²) in [6.07, 6.45) is -2.86. The standard InChI is InChI=1S/C19H17F3N4O2/c20-19(21,22)16-6-1-4-15(14-16)5-3-9-24-10-12-25(13-11-24)18-17(26(27)28)7-2-8-23-18/h1-2,4,6-8,14H,9-13H2. The zero-order valence-electron chi connectivity index (χ0n) is 14.8. The molecule has 0 saturated carbocycles. The van der Waals surface area contributed by atoms with Crippen molar-refractivity contribution < 1.29 is 18.1 Å². The average molecular weight is 390 g/mol. The van der Waals surface area contributed by atoms with Crippen LogP contribution in [-0.2, 0) is 6.18 Å². The molecule has 6 nitrogen and oxygen atoms in total. The molecule has 2 heterocycles. The summed E-state index contributed by atoms with van der Waals surface area (Å²) in [7, 11) is 0. The van der Waals surface area contributed by atoms with E-state index in [2.05, 4.69) is 16.8 Å². The summed E-state index contributed by atoms with van der Waals surface area (Å²) in [5.41, 5.74) is -0.428. The predicted molar refractivity (Wildman–Crippen MR) is 97.9 cm³/mol. The van der Waals surface area contributed by atoms with Gasteiger partial charge in [0.1, 0.15) is 0 Å². The minimum absolute atomic E-state index is 0.0275. The molecule has 1 aromatic carbocycles. The molecule has 0 N–H and O–H groups in total. The van der Waals surface area contributed by atoms with E-state index in [9.17, 15) is 23.3 Å². The van der Waals surface area contributed by atoms with Crippen molar-refractivity contribution in [1.29, 1.82) is 0 Å². The second-order valence-corrected chi connectivity index (χ2v) is 6.25. The summed E-state index contributed by atoms with van der Waals surface area (Å²) in [6.45, 7) is 2.79. The number of rotatable bonds is 3. The Kier molecular flexibility index (Phi) is 5.80. The van der Waals surface area contributed by atoms with E-state index in [1.807, 2.05) is 9.80 Å². The maximum Gasteiger partial charge on any atom is 0.416 e. The Bertz CT molecular complexity index is 913. The molecule has 2 aromatic rings. The van der Waals surface area contributed by atoms with Gasteiger partial charge in [0, 0.05) is 44.0 Å². The molecule has 1 aromatic heterocycles. The van der Waals surface area contributed by atoms with Crippen LogP contribution in [0.1, 0.15) is 11.1 Å². The first-order valence-electron chi connectivity index (χ1n) is 8.57. The van der Waals surface area contributed by atoms with Gasteiger partial charge >= 0.3 is 11.9 Å².